The van der Waals surface area contributed by atoms with Crippen LogP contribution in [-0.4, -0.2) is 21.4 Å². The maximum absolute atomic E-state index is 12.7. The number of furan rings is 1. The molecule has 6 nitrogen and oxygen atoms in total. The Morgan fingerprint density at radius 3 is 2.63 bits per heavy atom. The summed E-state index contributed by atoms with van der Waals surface area (Å²) in [7, 11) is -2.08. The van der Waals surface area contributed by atoms with Gasteiger partial charge >= 0.3 is 0 Å². The number of rotatable bonds is 6. The van der Waals surface area contributed by atoms with Crippen molar-refractivity contribution in [3.63, 3.8) is 0 Å². The van der Waals surface area contributed by atoms with Crippen molar-refractivity contribution in [1.29, 1.82) is 0 Å². The van der Waals surface area contributed by atoms with Crippen molar-refractivity contribution in [3.05, 3.63) is 83.3 Å². The SMILES string of the molecule is COc1ccc(S(=O)(=O)Cc2ccc(C(=O)NC3CCCc4ccccc43)o2)cc1. The fraction of sp³-hybridized carbons (Fsp3) is 0.261. The quantitative estimate of drug-likeness (QED) is 0.643. The molecule has 1 aliphatic carbocycles. The van der Waals surface area contributed by atoms with E-state index in [2.05, 4.69) is 11.4 Å². The molecule has 1 unspecified atom stereocenters. The van der Waals surface area contributed by atoms with E-state index in [4.69, 9.17) is 9.15 Å². The minimum atomic E-state index is -3.60. The monoisotopic (exact) mass is 425 g/mol. The smallest absolute Gasteiger partial charge is 0.287 e. The molecule has 0 radical (unpaired) electrons. The molecule has 1 heterocycles. The van der Waals surface area contributed by atoms with Crippen LogP contribution in [0.4, 0.5) is 0 Å². The third kappa shape index (κ3) is 4.26. The number of ether oxygens (including phenoxy) is 1. The number of methoxy groups -OCH3 is 1. The summed E-state index contributed by atoms with van der Waals surface area (Å²) >= 11 is 0. The first-order chi connectivity index (χ1) is 14.5. The average Bonchev–Trinajstić information content (AvgIpc) is 3.22. The lowest BCUT2D eigenvalue weighted by atomic mass is 9.88. The van der Waals surface area contributed by atoms with Gasteiger partial charge in [0.05, 0.1) is 18.0 Å². The fourth-order valence-corrected chi connectivity index (χ4v) is 5.01. The van der Waals surface area contributed by atoms with Gasteiger partial charge < -0.3 is 14.5 Å². The number of fused-ring (bicyclic) bond motifs is 1. The number of hydrogen-bond donors (Lipinski definition) is 1. The molecular formula is C23H23NO5S. The van der Waals surface area contributed by atoms with Gasteiger partial charge in [-0.05, 0) is 66.8 Å². The summed E-state index contributed by atoms with van der Waals surface area (Å²) < 4.78 is 35.9. The van der Waals surface area contributed by atoms with Gasteiger partial charge in [-0.2, -0.15) is 0 Å². The van der Waals surface area contributed by atoms with E-state index in [1.807, 2.05) is 18.2 Å². The summed E-state index contributed by atoms with van der Waals surface area (Å²) in [6.45, 7) is 0. The van der Waals surface area contributed by atoms with E-state index >= 15 is 0 Å². The summed E-state index contributed by atoms with van der Waals surface area (Å²) in [6, 6.07) is 17.2. The normalized spacial score (nSPS) is 16.0. The van der Waals surface area contributed by atoms with Gasteiger partial charge in [0.25, 0.3) is 5.91 Å². The second-order valence-electron chi connectivity index (χ2n) is 7.32. The van der Waals surface area contributed by atoms with Crippen LogP contribution < -0.4 is 10.1 Å². The van der Waals surface area contributed by atoms with Crippen LogP contribution in [0.5, 0.6) is 5.75 Å². The van der Waals surface area contributed by atoms with Crippen LogP contribution in [0.25, 0.3) is 0 Å². The van der Waals surface area contributed by atoms with Crippen LogP contribution in [-0.2, 0) is 22.0 Å². The van der Waals surface area contributed by atoms with Crippen LogP contribution in [0.3, 0.4) is 0 Å². The first-order valence-corrected chi connectivity index (χ1v) is 11.5. The van der Waals surface area contributed by atoms with Crippen molar-refractivity contribution in [2.24, 2.45) is 0 Å². The van der Waals surface area contributed by atoms with E-state index in [-0.39, 0.29) is 34.1 Å². The third-order valence-corrected chi connectivity index (χ3v) is 6.97. The standard InChI is InChI=1S/C23H23NO5S/c1-28-17-9-12-19(13-10-17)30(26,27)15-18-11-14-22(29-18)23(25)24-21-8-4-6-16-5-2-3-7-20(16)21/h2-3,5,7,9-14,21H,4,6,8,15H2,1H3,(H,24,25). The molecule has 0 spiro atoms. The maximum Gasteiger partial charge on any atom is 0.287 e. The molecule has 1 aromatic heterocycles. The minimum absolute atomic E-state index is 0.0703. The summed E-state index contributed by atoms with van der Waals surface area (Å²) in [6.07, 6.45) is 2.88. The molecule has 0 bridgehead atoms. The zero-order valence-electron chi connectivity index (χ0n) is 16.6. The predicted octanol–water partition coefficient (Wildman–Crippen LogP) is 4.07. The van der Waals surface area contributed by atoms with Crippen molar-refractivity contribution in [2.45, 2.75) is 36.0 Å². The first-order valence-electron chi connectivity index (χ1n) is 9.80. The Hall–Kier alpha value is -3.06. The number of hydrogen-bond acceptors (Lipinski definition) is 5. The number of benzene rings is 2. The van der Waals surface area contributed by atoms with E-state index in [0.717, 1.165) is 24.8 Å². The fourth-order valence-electron chi connectivity index (χ4n) is 3.76. The van der Waals surface area contributed by atoms with E-state index in [9.17, 15) is 13.2 Å². The molecule has 156 valence electrons. The molecule has 1 aliphatic rings. The summed E-state index contributed by atoms with van der Waals surface area (Å²) in [5, 5.41) is 3.02. The van der Waals surface area contributed by atoms with Gasteiger partial charge in [-0.15, -0.1) is 0 Å². The lowest BCUT2D eigenvalue weighted by molar-refractivity contribution is 0.0903. The number of sulfone groups is 1. The number of aryl methyl sites for hydroxylation is 1. The largest absolute Gasteiger partial charge is 0.497 e. The van der Waals surface area contributed by atoms with Crippen LogP contribution in [0.2, 0.25) is 0 Å². The molecule has 7 heteroatoms. The van der Waals surface area contributed by atoms with Crippen LogP contribution in [0, 0.1) is 0 Å². The van der Waals surface area contributed by atoms with E-state index < -0.39 is 9.84 Å². The van der Waals surface area contributed by atoms with Crippen molar-refractivity contribution >= 4 is 15.7 Å². The molecule has 0 saturated carbocycles. The minimum Gasteiger partial charge on any atom is -0.497 e. The van der Waals surface area contributed by atoms with Gasteiger partial charge in [0, 0.05) is 0 Å². The Bertz CT molecular complexity index is 1150. The summed E-state index contributed by atoms with van der Waals surface area (Å²) in [5.74, 6) is 0.247. The number of carbonyl (C=O) groups is 1. The molecule has 0 fully saturated rings. The maximum atomic E-state index is 12.7. The Morgan fingerprint density at radius 1 is 1.10 bits per heavy atom. The van der Waals surface area contributed by atoms with Crippen molar-refractivity contribution in [2.75, 3.05) is 7.11 Å². The highest BCUT2D eigenvalue weighted by atomic mass is 32.2. The Kier molecular flexibility index (Phi) is 5.63. The Balaban J connectivity index is 1.45. The Labute approximate surface area is 175 Å². The van der Waals surface area contributed by atoms with Gasteiger partial charge in [-0.1, -0.05) is 24.3 Å². The highest BCUT2D eigenvalue weighted by Crippen LogP contribution is 2.30. The Morgan fingerprint density at radius 2 is 1.87 bits per heavy atom. The molecule has 3 aromatic rings. The van der Waals surface area contributed by atoms with Gasteiger partial charge in [0.15, 0.2) is 15.6 Å². The van der Waals surface area contributed by atoms with E-state index in [0.29, 0.717) is 5.75 Å². The lowest BCUT2D eigenvalue weighted by Gasteiger charge is -2.25. The number of amides is 1. The highest BCUT2D eigenvalue weighted by Gasteiger charge is 2.24. The zero-order valence-corrected chi connectivity index (χ0v) is 17.4. The molecular weight excluding hydrogens is 402 g/mol. The third-order valence-electron chi connectivity index (χ3n) is 5.31. The van der Waals surface area contributed by atoms with Gasteiger partial charge in [-0.3, -0.25) is 4.79 Å². The topological polar surface area (TPSA) is 85.6 Å². The van der Waals surface area contributed by atoms with Crippen LogP contribution in [0.15, 0.2) is 70.0 Å². The molecule has 0 saturated heterocycles. The molecule has 2 aromatic carbocycles. The lowest BCUT2D eigenvalue weighted by Crippen LogP contribution is -2.30. The second-order valence-corrected chi connectivity index (χ2v) is 9.31. The average molecular weight is 426 g/mol. The molecule has 1 atom stereocenters. The summed E-state index contributed by atoms with van der Waals surface area (Å²) in [4.78, 5) is 12.8. The van der Waals surface area contributed by atoms with Gasteiger partial charge in [0.2, 0.25) is 0 Å². The van der Waals surface area contributed by atoms with Gasteiger partial charge in [0.1, 0.15) is 17.3 Å². The number of carbonyl (C=O) groups excluding carboxylic acids is 1. The number of nitrogens with one attached hydrogen (secondary N) is 1. The van der Waals surface area contributed by atoms with Gasteiger partial charge in [-0.25, -0.2) is 8.42 Å². The van der Waals surface area contributed by atoms with E-state index in [1.165, 1.54) is 36.9 Å². The van der Waals surface area contributed by atoms with Crippen molar-refractivity contribution in [3.8, 4) is 5.75 Å². The van der Waals surface area contributed by atoms with Crippen LogP contribution >= 0.6 is 0 Å². The molecule has 1 N–H and O–H groups in total. The zero-order chi connectivity index (χ0) is 21.1. The van der Waals surface area contributed by atoms with Crippen molar-refractivity contribution in [1.82, 2.24) is 5.32 Å². The predicted molar refractivity (Wildman–Crippen MR) is 112 cm³/mol. The van der Waals surface area contributed by atoms with Crippen molar-refractivity contribution < 1.29 is 22.4 Å². The summed E-state index contributed by atoms with van der Waals surface area (Å²) in [5.41, 5.74) is 2.38. The molecule has 0 aliphatic heterocycles. The highest BCUT2D eigenvalue weighted by molar-refractivity contribution is 7.90. The first kappa shape index (κ1) is 20.2. The molecule has 30 heavy (non-hydrogen) atoms. The van der Waals surface area contributed by atoms with Crippen LogP contribution in [0.1, 0.15) is 46.3 Å². The molecule has 1 amide bonds. The molecule has 4 rings (SSSR count). The van der Waals surface area contributed by atoms with E-state index in [1.54, 1.807) is 12.1 Å². The second kappa shape index (κ2) is 8.36.